The molecule has 0 aliphatic carbocycles. The van der Waals surface area contributed by atoms with Crippen LogP contribution >= 0.6 is 11.8 Å². The van der Waals surface area contributed by atoms with Crippen LogP contribution < -0.4 is 10.6 Å². The van der Waals surface area contributed by atoms with Crippen molar-refractivity contribution in [1.82, 2.24) is 10.2 Å². The van der Waals surface area contributed by atoms with Crippen molar-refractivity contribution in [2.24, 2.45) is 4.99 Å². The van der Waals surface area contributed by atoms with Crippen molar-refractivity contribution in [3.63, 3.8) is 0 Å². The molecular weight excluding hydrogens is 452 g/mol. The molecule has 8 nitrogen and oxygen atoms in total. The lowest BCUT2D eigenvalue weighted by Gasteiger charge is -2.27. The zero-order valence-corrected chi connectivity index (χ0v) is 19.6. The van der Waals surface area contributed by atoms with Gasteiger partial charge < -0.3 is 20.6 Å². The summed E-state index contributed by atoms with van der Waals surface area (Å²) in [6, 6.07) is 15.7. The van der Waals surface area contributed by atoms with Crippen LogP contribution in [0, 0.1) is 0 Å². The number of amidine groups is 1. The number of benzene rings is 2. The molecule has 0 aromatic heterocycles. The van der Waals surface area contributed by atoms with Gasteiger partial charge in [0, 0.05) is 37.3 Å². The number of piperidine rings is 1. The van der Waals surface area contributed by atoms with Crippen LogP contribution in [-0.4, -0.2) is 57.8 Å². The molecule has 1 fully saturated rings. The van der Waals surface area contributed by atoms with Crippen molar-refractivity contribution in [3.8, 4) is 0 Å². The van der Waals surface area contributed by atoms with E-state index >= 15 is 0 Å². The Hall–Kier alpha value is -3.17. The van der Waals surface area contributed by atoms with Gasteiger partial charge in [-0.1, -0.05) is 48.2 Å². The summed E-state index contributed by atoms with van der Waals surface area (Å²) in [5, 5.41) is 15.9. The van der Waals surface area contributed by atoms with Crippen molar-refractivity contribution in [3.05, 3.63) is 65.7 Å². The number of amides is 3. The van der Waals surface area contributed by atoms with Crippen LogP contribution in [0.3, 0.4) is 0 Å². The molecule has 4 rings (SSSR count). The predicted molar refractivity (Wildman–Crippen MR) is 133 cm³/mol. The number of likely N-dealkylation sites (tertiary alicyclic amines) is 1. The molecule has 34 heavy (non-hydrogen) atoms. The van der Waals surface area contributed by atoms with E-state index in [1.54, 1.807) is 36.4 Å². The summed E-state index contributed by atoms with van der Waals surface area (Å²) in [7, 11) is 0. The predicted octanol–water partition coefficient (Wildman–Crippen LogP) is 2.96. The monoisotopic (exact) mass is 480 g/mol. The van der Waals surface area contributed by atoms with Gasteiger partial charge in [-0.2, -0.15) is 4.99 Å². The number of anilines is 1. The summed E-state index contributed by atoms with van der Waals surface area (Å²) in [5.74, 6) is -0.934. The van der Waals surface area contributed by atoms with Crippen LogP contribution in [0.5, 0.6) is 0 Å². The van der Waals surface area contributed by atoms with Gasteiger partial charge in [-0.05, 0) is 43.0 Å². The van der Waals surface area contributed by atoms with E-state index < -0.39 is 11.4 Å². The fourth-order valence-electron chi connectivity index (χ4n) is 3.93. The van der Waals surface area contributed by atoms with Crippen LogP contribution in [-0.2, 0) is 9.59 Å². The third-order valence-electron chi connectivity index (χ3n) is 5.78. The maximum absolute atomic E-state index is 12.6. The third kappa shape index (κ3) is 6.24. The lowest BCUT2D eigenvalue weighted by atomic mass is 10.1. The first kappa shape index (κ1) is 24.0. The van der Waals surface area contributed by atoms with Gasteiger partial charge in [0.1, 0.15) is 5.25 Å². The Balaban J connectivity index is 1.27. The minimum Gasteiger partial charge on any atom is -0.387 e. The van der Waals surface area contributed by atoms with Gasteiger partial charge in [-0.3, -0.25) is 14.4 Å². The Morgan fingerprint density at radius 2 is 1.85 bits per heavy atom. The van der Waals surface area contributed by atoms with Crippen molar-refractivity contribution in [1.29, 1.82) is 0 Å². The van der Waals surface area contributed by atoms with Gasteiger partial charge in [-0.25, -0.2) is 0 Å². The van der Waals surface area contributed by atoms with E-state index in [-0.39, 0.29) is 30.7 Å². The molecule has 3 N–H and O–H groups in total. The SMILES string of the molecule is O=C(C[C@@H]1SC(N2CCCCC2)=NC1=O)Nc1cccc(C(=O)NC[C@@H](O)c2ccccc2)c1. The summed E-state index contributed by atoms with van der Waals surface area (Å²) in [5.41, 5.74) is 1.55. The molecule has 2 aromatic carbocycles. The number of hydrogen-bond donors (Lipinski definition) is 3. The lowest BCUT2D eigenvalue weighted by Crippen LogP contribution is -2.33. The molecule has 1 saturated heterocycles. The molecule has 3 amide bonds. The molecule has 2 aromatic rings. The van der Waals surface area contributed by atoms with Gasteiger partial charge in [0.15, 0.2) is 5.17 Å². The Labute approximate surface area is 202 Å². The number of aliphatic hydroxyl groups is 1. The molecule has 2 heterocycles. The number of hydrogen-bond acceptors (Lipinski definition) is 6. The van der Waals surface area contributed by atoms with Gasteiger partial charge in [-0.15, -0.1) is 0 Å². The number of aliphatic hydroxyl groups excluding tert-OH is 1. The average molecular weight is 481 g/mol. The van der Waals surface area contributed by atoms with Gasteiger partial charge in [0.25, 0.3) is 11.8 Å². The number of carbonyl (C=O) groups excluding carboxylic acids is 3. The second kappa shape index (κ2) is 11.3. The van der Waals surface area contributed by atoms with E-state index in [9.17, 15) is 19.5 Å². The molecular formula is C25H28N4O4S. The number of thioether (sulfide) groups is 1. The summed E-state index contributed by atoms with van der Waals surface area (Å²) < 4.78 is 0. The van der Waals surface area contributed by atoms with Crippen LogP contribution in [0.15, 0.2) is 59.6 Å². The number of aliphatic imine (C=N–C) groups is 1. The van der Waals surface area contributed by atoms with E-state index in [0.717, 1.165) is 36.7 Å². The smallest absolute Gasteiger partial charge is 0.262 e. The van der Waals surface area contributed by atoms with Crippen molar-refractivity contribution in [2.45, 2.75) is 37.0 Å². The highest BCUT2D eigenvalue weighted by molar-refractivity contribution is 8.15. The number of nitrogens with zero attached hydrogens (tertiary/aromatic N) is 2. The largest absolute Gasteiger partial charge is 0.387 e. The highest BCUT2D eigenvalue weighted by Gasteiger charge is 2.33. The van der Waals surface area contributed by atoms with Crippen molar-refractivity contribution < 1.29 is 19.5 Å². The molecule has 2 aliphatic rings. The molecule has 0 spiro atoms. The van der Waals surface area contributed by atoms with Crippen molar-refractivity contribution >= 4 is 40.3 Å². The summed E-state index contributed by atoms with van der Waals surface area (Å²) >= 11 is 1.36. The highest BCUT2D eigenvalue weighted by Crippen LogP contribution is 2.29. The quantitative estimate of drug-likeness (QED) is 0.562. The van der Waals surface area contributed by atoms with E-state index in [2.05, 4.69) is 20.5 Å². The number of rotatable bonds is 7. The molecule has 178 valence electrons. The average Bonchev–Trinajstić information content (AvgIpc) is 3.23. The summed E-state index contributed by atoms with van der Waals surface area (Å²) in [6.07, 6.45) is 2.58. The standard InChI is InChI=1S/C25H28N4O4S/c30-20(17-8-3-1-4-9-17)16-26-23(32)18-10-7-11-19(14-18)27-22(31)15-21-24(33)28-25(34-21)29-12-5-2-6-13-29/h1,3-4,7-11,14,20-21,30H,2,5-6,12-13,15-16H2,(H,26,32)(H,27,31)/t20-,21+/m1/s1. The van der Waals surface area contributed by atoms with E-state index in [4.69, 9.17) is 0 Å². The van der Waals surface area contributed by atoms with E-state index in [1.165, 1.54) is 18.2 Å². The first-order chi connectivity index (χ1) is 16.5. The molecule has 0 radical (unpaired) electrons. The maximum atomic E-state index is 12.6. The maximum Gasteiger partial charge on any atom is 0.262 e. The molecule has 9 heteroatoms. The lowest BCUT2D eigenvalue weighted by molar-refractivity contribution is -0.121. The van der Waals surface area contributed by atoms with Gasteiger partial charge in [0.2, 0.25) is 5.91 Å². The van der Waals surface area contributed by atoms with Crippen LogP contribution in [0.25, 0.3) is 0 Å². The van der Waals surface area contributed by atoms with Crippen LogP contribution in [0.2, 0.25) is 0 Å². The van der Waals surface area contributed by atoms with E-state index in [1.807, 2.05) is 18.2 Å². The summed E-state index contributed by atoms with van der Waals surface area (Å²) in [4.78, 5) is 43.7. The fraction of sp³-hybridized carbons (Fsp3) is 0.360. The Bertz CT molecular complexity index is 1070. The Morgan fingerprint density at radius 1 is 1.09 bits per heavy atom. The normalized spacial score (nSPS) is 18.9. The summed E-state index contributed by atoms with van der Waals surface area (Å²) in [6.45, 7) is 1.87. The molecule has 2 aliphatic heterocycles. The van der Waals surface area contributed by atoms with Crippen molar-refractivity contribution in [2.75, 3.05) is 25.0 Å². The van der Waals surface area contributed by atoms with Crippen LogP contribution in [0.1, 0.15) is 47.7 Å². The number of nitrogens with one attached hydrogen (secondary N) is 2. The topological polar surface area (TPSA) is 111 Å². The van der Waals surface area contributed by atoms with Crippen LogP contribution in [0.4, 0.5) is 5.69 Å². The zero-order valence-electron chi connectivity index (χ0n) is 18.8. The minimum atomic E-state index is -0.813. The Kier molecular flexibility index (Phi) is 7.97. The second-order valence-corrected chi connectivity index (χ2v) is 9.53. The molecule has 0 bridgehead atoms. The molecule has 0 unspecified atom stereocenters. The fourth-order valence-corrected chi connectivity index (χ4v) is 5.05. The number of carbonyl (C=O) groups is 3. The molecule has 0 saturated carbocycles. The van der Waals surface area contributed by atoms with Gasteiger partial charge in [0.05, 0.1) is 6.10 Å². The first-order valence-corrected chi connectivity index (χ1v) is 12.3. The third-order valence-corrected chi connectivity index (χ3v) is 6.99. The first-order valence-electron chi connectivity index (χ1n) is 11.4. The van der Waals surface area contributed by atoms with E-state index in [0.29, 0.717) is 11.3 Å². The van der Waals surface area contributed by atoms with Gasteiger partial charge >= 0.3 is 0 Å². The minimum absolute atomic E-state index is 0.0179. The highest BCUT2D eigenvalue weighted by atomic mass is 32.2. The zero-order chi connectivity index (χ0) is 23.9. The second-order valence-electron chi connectivity index (χ2n) is 8.36. The molecule has 2 atom stereocenters. The Morgan fingerprint density at radius 3 is 2.62 bits per heavy atom.